The van der Waals surface area contributed by atoms with Crippen molar-refractivity contribution in [3.8, 4) is 5.75 Å². The Balaban J connectivity index is 1.32. The van der Waals surface area contributed by atoms with E-state index in [1.54, 1.807) is 6.07 Å². The van der Waals surface area contributed by atoms with Gasteiger partial charge >= 0.3 is 5.97 Å². The molecule has 1 saturated heterocycles. The van der Waals surface area contributed by atoms with Crippen LogP contribution in [0.1, 0.15) is 17.4 Å². The van der Waals surface area contributed by atoms with Crippen molar-refractivity contribution in [2.45, 2.75) is 37.4 Å². The molecule has 0 aliphatic carbocycles. The molecule has 4 atom stereocenters. The summed E-state index contributed by atoms with van der Waals surface area (Å²) in [5.74, 6) is -0.121. The third-order valence-electron chi connectivity index (χ3n) is 6.16. The second-order valence-electron chi connectivity index (χ2n) is 8.59. The predicted molar refractivity (Wildman–Crippen MR) is 135 cm³/mol. The smallest absolute Gasteiger partial charge is 0.334 e. The van der Waals surface area contributed by atoms with Gasteiger partial charge in [0.2, 0.25) is 0 Å². The van der Waals surface area contributed by atoms with Crippen LogP contribution < -0.4 is 15.8 Å². The quantitative estimate of drug-likeness (QED) is 0.256. The molecule has 0 amide bonds. The molecule has 1 aliphatic heterocycles. The SMILES string of the molecule is NC1C(C(=O)O)OC(n2cnc3c(NCc4cc(Cl)ccc4OCCc4ccccc4)ncnc32)C1O. The number of hydrogen-bond donors (Lipinski definition) is 4. The van der Waals surface area contributed by atoms with Crippen molar-refractivity contribution in [1.82, 2.24) is 19.5 Å². The van der Waals surface area contributed by atoms with Gasteiger partial charge in [-0.3, -0.25) is 4.57 Å². The van der Waals surface area contributed by atoms with Crippen LogP contribution in [0.15, 0.2) is 61.2 Å². The Morgan fingerprint density at radius 1 is 1.19 bits per heavy atom. The van der Waals surface area contributed by atoms with E-state index in [-0.39, 0.29) is 0 Å². The molecule has 11 nitrogen and oxygen atoms in total. The molecule has 37 heavy (non-hydrogen) atoms. The highest BCUT2D eigenvalue weighted by Gasteiger charge is 2.46. The molecule has 1 aliphatic rings. The number of nitrogens with one attached hydrogen (secondary N) is 1. The standard InChI is InChI=1S/C25H25ClN6O5/c26-16-6-7-17(36-9-8-14-4-2-1-3-5-14)15(10-16)11-28-22-19-23(30-12-29-22)32(13-31-19)24-20(33)18(27)21(37-24)25(34)35/h1-7,10,12-13,18,20-21,24,33H,8-9,11,27H2,(H,34,35)(H,28,29,30). The fourth-order valence-corrected chi connectivity index (χ4v) is 4.44. The molecule has 0 radical (unpaired) electrons. The number of carboxylic acids is 1. The number of aromatic nitrogens is 4. The van der Waals surface area contributed by atoms with Gasteiger partial charge in [-0.25, -0.2) is 19.7 Å². The molecule has 0 spiro atoms. The maximum Gasteiger partial charge on any atom is 0.334 e. The van der Waals surface area contributed by atoms with Crippen molar-refractivity contribution >= 4 is 34.6 Å². The Hall–Kier alpha value is -3.77. The number of carboxylic acid groups (broad SMARTS) is 1. The highest BCUT2D eigenvalue weighted by atomic mass is 35.5. The van der Waals surface area contributed by atoms with Crippen molar-refractivity contribution in [3.05, 3.63) is 77.3 Å². The van der Waals surface area contributed by atoms with Crippen molar-refractivity contribution < 1.29 is 24.5 Å². The number of imidazole rings is 1. The predicted octanol–water partition coefficient (Wildman–Crippen LogP) is 2.38. The summed E-state index contributed by atoms with van der Waals surface area (Å²) in [5.41, 5.74) is 8.62. The third-order valence-corrected chi connectivity index (χ3v) is 6.39. The van der Waals surface area contributed by atoms with E-state index in [4.69, 9.17) is 26.8 Å². The van der Waals surface area contributed by atoms with Gasteiger partial charge in [-0.1, -0.05) is 41.9 Å². The first-order valence-corrected chi connectivity index (χ1v) is 12.0. The second-order valence-corrected chi connectivity index (χ2v) is 9.03. The van der Waals surface area contributed by atoms with E-state index in [0.717, 1.165) is 12.0 Å². The molecule has 2 aromatic carbocycles. The summed E-state index contributed by atoms with van der Waals surface area (Å²) in [6.07, 6.45) is -0.142. The zero-order chi connectivity index (χ0) is 25.9. The lowest BCUT2D eigenvalue weighted by molar-refractivity contribution is -0.152. The average molecular weight is 525 g/mol. The molecule has 2 aromatic heterocycles. The van der Waals surface area contributed by atoms with Crippen LogP contribution in [0.3, 0.4) is 0 Å². The van der Waals surface area contributed by atoms with Crippen molar-refractivity contribution in [2.24, 2.45) is 5.73 Å². The topological polar surface area (TPSA) is 158 Å². The van der Waals surface area contributed by atoms with Crippen molar-refractivity contribution in [3.63, 3.8) is 0 Å². The van der Waals surface area contributed by atoms with E-state index in [9.17, 15) is 15.0 Å². The van der Waals surface area contributed by atoms with Crippen LogP contribution in [0, 0.1) is 0 Å². The molecule has 0 saturated carbocycles. The Bertz CT molecular complexity index is 1400. The van der Waals surface area contributed by atoms with Gasteiger partial charge in [-0.2, -0.15) is 0 Å². The largest absolute Gasteiger partial charge is 0.493 e. The van der Waals surface area contributed by atoms with Crippen LogP contribution in [-0.4, -0.2) is 60.6 Å². The van der Waals surface area contributed by atoms with Gasteiger partial charge in [0.15, 0.2) is 29.3 Å². The summed E-state index contributed by atoms with van der Waals surface area (Å²) in [4.78, 5) is 24.3. The fourth-order valence-electron chi connectivity index (χ4n) is 4.24. The van der Waals surface area contributed by atoms with Gasteiger partial charge in [0, 0.05) is 23.6 Å². The monoisotopic (exact) mass is 524 g/mol. The molecule has 4 unspecified atom stereocenters. The van der Waals surface area contributed by atoms with E-state index in [1.165, 1.54) is 22.8 Å². The summed E-state index contributed by atoms with van der Waals surface area (Å²) in [6, 6.07) is 14.4. The minimum absolute atomic E-state index is 0.342. The van der Waals surface area contributed by atoms with Gasteiger partial charge in [0.25, 0.3) is 0 Å². The average Bonchev–Trinajstić information content (AvgIpc) is 3.45. The normalized spacial score (nSPS) is 21.3. The van der Waals surface area contributed by atoms with Crippen LogP contribution in [0.25, 0.3) is 11.2 Å². The summed E-state index contributed by atoms with van der Waals surface area (Å²) < 4.78 is 13.0. The van der Waals surface area contributed by atoms with Gasteiger partial charge < -0.3 is 30.7 Å². The van der Waals surface area contributed by atoms with Crippen LogP contribution in [0.5, 0.6) is 5.75 Å². The van der Waals surface area contributed by atoms with Crippen LogP contribution in [-0.2, 0) is 22.5 Å². The number of aliphatic carboxylic acids is 1. The van der Waals surface area contributed by atoms with E-state index >= 15 is 0 Å². The van der Waals surface area contributed by atoms with Crippen LogP contribution in [0.2, 0.25) is 5.02 Å². The number of fused-ring (bicyclic) bond motifs is 1. The first-order chi connectivity index (χ1) is 17.9. The highest BCUT2D eigenvalue weighted by molar-refractivity contribution is 6.30. The van der Waals surface area contributed by atoms with Gasteiger partial charge in [-0.05, 0) is 23.8 Å². The Labute approximate surface area is 216 Å². The van der Waals surface area contributed by atoms with E-state index < -0.39 is 30.4 Å². The lowest BCUT2D eigenvalue weighted by atomic mass is 10.1. The van der Waals surface area contributed by atoms with Gasteiger partial charge in [0.1, 0.15) is 18.2 Å². The first-order valence-electron chi connectivity index (χ1n) is 11.6. The second kappa shape index (κ2) is 10.7. The fraction of sp³-hybridized carbons (Fsp3) is 0.280. The maximum atomic E-state index is 11.4. The Kier molecular flexibility index (Phi) is 7.19. The maximum absolute atomic E-state index is 11.4. The number of carbonyl (C=O) groups is 1. The number of rotatable bonds is 9. The van der Waals surface area contributed by atoms with E-state index in [2.05, 4.69) is 32.4 Å². The number of halogens is 1. The number of anilines is 1. The van der Waals surface area contributed by atoms with Crippen molar-refractivity contribution in [2.75, 3.05) is 11.9 Å². The number of nitrogens with zero attached hydrogens (tertiary/aromatic N) is 4. The Morgan fingerprint density at radius 2 is 2.00 bits per heavy atom. The molecular formula is C25H25ClN6O5. The molecule has 12 heteroatoms. The minimum Gasteiger partial charge on any atom is -0.493 e. The Morgan fingerprint density at radius 3 is 2.76 bits per heavy atom. The lowest BCUT2D eigenvalue weighted by Crippen LogP contribution is -2.43. The van der Waals surface area contributed by atoms with E-state index in [1.807, 2.05) is 30.3 Å². The number of aliphatic hydroxyl groups is 1. The third kappa shape index (κ3) is 5.20. The molecular weight excluding hydrogens is 500 g/mol. The molecule has 5 N–H and O–H groups in total. The number of hydrogen-bond acceptors (Lipinski definition) is 9. The number of aliphatic hydroxyl groups excluding tert-OH is 1. The zero-order valence-corrected chi connectivity index (χ0v) is 20.3. The number of benzene rings is 2. The number of ether oxygens (including phenoxy) is 2. The molecule has 3 heterocycles. The first kappa shape index (κ1) is 24.9. The molecule has 5 rings (SSSR count). The van der Waals surface area contributed by atoms with Crippen LogP contribution in [0.4, 0.5) is 5.82 Å². The summed E-state index contributed by atoms with van der Waals surface area (Å²) >= 11 is 6.24. The minimum atomic E-state index is -1.35. The number of nitrogens with two attached hydrogens (primary N) is 1. The van der Waals surface area contributed by atoms with Crippen molar-refractivity contribution in [1.29, 1.82) is 0 Å². The summed E-state index contributed by atoms with van der Waals surface area (Å²) in [6.45, 7) is 0.846. The van der Waals surface area contributed by atoms with E-state index in [0.29, 0.717) is 40.9 Å². The highest BCUT2D eigenvalue weighted by Crippen LogP contribution is 2.32. The lowest BCUT2D eigenvalue weighted by Gasteiger charge is -2.16. The molecule has 0 bridgehead atoms. The molecule has 1 fully saturated rings. The summed E-state index contributed by atoms with van der Waals surface area (Å²) in [5, 5.41) is 23.6. The van der Waals surface area contributed by atoms with Crippen LogP contribution >= 0.6 is 11.6 Å². The molecule has 192 valence electrons. The molecule has 4 aromatic rings. The van der Waals surface area contributed by atoms with Gasteiger partial charge in [-0.15, -0.1) is 0 Å². The summed E-state index contributed by atoms with van der Waals surface area (Å²) in [7, 11) is 0. The zero-order valence-electron chi connectivity index (χ0n) is 19.6. The van der Waals surface area contributed by atoms with Gasteiger partial charge in [0.05, 0.1) is 19.0 Å².